The highest BCUT2D eigenvalue weighted by Crippen LogP contribution is 2.21. The molecule has 0 unspecified atom stereocenters. The zero-order valence-corrected chi connectivity index (χ0v) is 11.7. The number of aromatic nitrogens is 3. The summed E-state index contributed by atoms with van der Waals surface area (Å²) in [4.78, 5) is 16.6. The van der Waals surface area contributed by atoms with Gasteiger partial charge in [-0.3, -0.25) is 9.89 Å². The Morgan fingerprint density at radius 1 is 1.30 bits per heavy atom. The molecule has 2 heterocycles. The number of nitrogens with zero attached hydrogens (tertiary/aromatic N) is 2. The topological polar surface area (TPSA) is 59.4 Å². The number of halogens is 1. The summed E-state index contributed by atoms with van der Waals surface area (Å²) in [6.07, 6.45) is 0. The Hall–Kier alpha value is -2.27. The van der Waals surface area contributed by atoms with E-state index in [9.17, 15) is 4.79 Å². The highest BCUT2D eigenvalue weighted by molar-refractivity contribution is 6.30. The van der Waals surface area contributed by atoms with Gasteiger partial charge in [0.05, 0.1) is 18.5 Å². The molecule has 0 amide bonds. The van der Waals surface area contributed by atoms with E-state index in [0.29, 0.717) is 16.4 Å². The van der Waals surface area contributed by atoms with Crippen LogP contribution in [0.3, 0.4) is 0 Å². The van der Waals surface area contributed by atoms with Crippen LogP contribution in [0, 0.1) is 6.92 Å². The standard InChI is InChI=1S/C14H12ClN3O2/c1-8-13(20-2)14(19)18-12(16-8)7-11(17-18)9-3-5-10(15)6-4-9/h3-7,17H,1-2H3. The minimum atomic E-state index is -0.254. The molecule has 2 aromatic heterocycles. The van der Waals surface area contributed by atoms with Crippen LogP contribution in [0.25, 0.3) is 16.9 Å². The van der Waals surface area contributed by atoms with E-state index in [1.807, 2.05) is 18.2 Å². The molecule has 0 saturated carbocycles. The Morgan fingerprint density at radius 3 is 2.65 bits per heavy atom. The zero-order valence-electron chi connectivity index (χ0n) is 11.0. The van der Waals surface area contributed by atoms with Gasteiger partial charge in [0, 0.05) is 11.1 Å². The van der Waals surface area contributed by atoms with E-state index in [1.54, 1.807) is 19.1 Å². The van der Waals surface area contributed by atoms with Gasteiger partial charge in [-0.05, 0) is 24.6 Å². The van der Waals surface area contributed by atoms with Crippen molar-refractivity contribution in [1.82, 2.24) is 14.6 Å². The van der Waals surface area contributed by atoms with E-state index in [4.69, 9.17) is 16.3 Å². The fourth-order valence-electron chi connectivity index (χ4n) is 2.13. The van der Waals surface area contributed by atoms with E-state index >= 15 is 0 Å². The lowest BCUT2D eigenvalue weighted by atomic mass is 10.2. The monoisotopic (exact) mass is 289 g/mol. The first-order valence-electron chi connectivity index (χ1n) is 6.02. The third-order valence-corrected chi connectivity index (χ3v) is 3.35. The SMILES string of the molecule is COc1c(C)nc2cc(-c3ccc(Cl)cc3)[nH]n2c1=O. The van der Waals surface area contributed by atoms with Crippen LogP contribution in [0.4, 0.5) is 0 Å². The van der Waals surface area contributed by atoms with Crippen LogP contribution >= 0.6 is 11.6 Å². The number of ether oxygens (including phenoxy) is 1. The molecular formula is C14H12ClN3O2. The molecule has 1 N–H and O–H groups in total. The first-order chi connectivity index (χ1) is 9.60. The zero-order chi connectivity index (χ0) is 14.3. The Kier molecular flexibility index (Phi) is 2.99. The molecule has 1 aromatic carbocycles. The van der Waals surface area contributed by atoms with Gasteiger partial charge in [0.1, 0.15) is 0 Å². The van der Waals surface area contributed by atoms with Crippen molar-refractivity contribution < 1.29 is 4.74 Å². The average Bonchev–Trinajstić information content (AvgIpc) is 2.84. The van der Waals surface area contributed by atoms with Crippen LogP contribution in [0.5, 0.6) is 5.75 Å². The van der Waals surface area contributed by atoms with Crippen LogP contribution < -0.4 is 10.3 Å². The minimum Gasteiger partial charge on any atom is -0.490 e. The lowest BCUT2D eigenvalue weighted by Gasteiger charge is -2.02. The van der Waals surface area contributed by atoms with Crippen molar-refractivity contribution in [1.29, 1.82) is 0 Å². The average molecular weight is 290 g/mol. The van der Waals surface area contributed by atoms with Crippen molar-refractivity contribution >= 4 is 17.2 Å². The number of aromatic amines is 1. The number of aryl methyl sites for hydroxylation is 1. The third kappa shape index (κ3) is 1.96. The predicted molar refractivity (Wildman–Crippen MR) is 77.5 cm³/mol. The van der Waals surface area contributed by atoms with Gasteiger partial charge in [0.2, 0.25) is 5.75 Å². The molecule has 0 saturated heterocycles. The van der Waals surface area contributed by atoms with E-state index in [-0.39, 0.29) is 11.3 Å². The lowest BCUT2D eigenvalue weighted by Crippen LogP contribution is -2.18. The number of hydrogen-bond donors (Lipinski definition) is 1. The molecule has 0 aliphatic rings. The summed E-state index contributed by atoms with van der Waals surface area (Å²) in [7, 11) is 1.46. The molecule has 5 nitrogen and oxygen atoms in total. The Bertz CT molecular complexity index is 834. The van der Waals surface area contributed by atoms with Crippen LogP contribution in [-0.2, 0) is 0 Å². The van der Waals surface area contributed by atoms with Crippen molar-refractivity contribution in [3.05, 3.63) is 51.4 Å². The summed E-state index contributed by atoms with van der Waals surface area (Å²) < 4.78 is 6.45. The maximum absolute atomic E-state index is 12.2. The number of hydrogen-bond acceptors (Lipinski definition) is 3. The molecule has 0 fully saturated rings. The Morgan fingerprint density at radius 2 is 2.00 bits per heavy atom. The highest BCUT2D eigenvalue weighted by Gasteiger charge is 2.12. The first kappa shape index (κ1) is 12.7. The van der Waals surface area contributed by atoms with Crippen molar-refractivity contribution in [2.24, 2.45) is 0 Å². The second-order valence-electron chi connectivity index (χ2n) is 4.41. The van der Waals surface area contributed by atoms with Gasteiger partial charge in [0.15, 0.2) is 5.65 Å². The van der Waals surface area contributed by atoms with Crippen molar-refractivity contribution in [3.63, 3.8) is 0 Å². The molecule has 0 spiro atoms. The highest BCUT2D eigenvalue weighted by atomic mass is 35.5. The number of rotatable bonds is 2. The van der Waals surface area contributed by atoms with Gasteiger partial charge in [0.25, 0.3) is 0 Å². The lowest BCUT2D eigenvalue weighted by molar-refractivity contribution is 0.400. The molecule has 0 aliphatic heterocycles. The normalized spacial score (nSPS) is 10.9. The second-order valence-corrected chi connectivity index (χ2v) is 4.84. The number of H-pyrrole nitrogens is 1. The van der Waals surface area contributed by atoms with Crippen LogP contribution in [-0.4, -0.2) is 21.7 Å². The predicted octanol–water partition coefficient (Wildman–Crippen LogP) is 2.66. The fourth-order valence-corrected chi connectivity index (χ4v) is 2.26. The van der Waals surface area contributed by atoms with E-state index in [1.165, 1.54) is 11.6 Å². The summed E-state index contributed by atoms with van der Waals surface area (Å²) in [6.45, 7) is 1.75. The van der Waals surface area contributed by atoms with Gasteiger partial charge >= 0.3 is 5.56 Å². The number of fused-ring (bicyclic) bond motifs is 1. The summed E-state index contributed by atoms with van der Waals surface area (Å²) in [5.41, 5.74) is 2.59. The number of benzene rings is 1. The second kappa shape index (κ2) is 4.68. The Labute approximate surface area is 119 Å². The smallest absolute Gasteiger partial charge is 0.315 e. The van der Waals surface area contributed by atoms with Gasteiger partial charge in [-0.2, -0.15) is 4.52 Å². The fraction of sp³-hybridized carbons (Fsp3) is 0.143. The van der Waals surface area contributed by atoms with E-state index in [2.05, 4.69) is 10.1 Å². The van der Waals surface area contributed by atoms with E-state index in [0.717, 1.165) is 11.3 Å². The molecule has 3 aromatic rings. The maximum atomic E-state index is 12.2. The summed E-state index contributed by atoms with van der Waals surface area (Å²) in [5.74, 6) is 0.243. The molecule has 3 rings (SSSR count). The Balaban J connectivity index is 2.23. The van der Waals surface area contributed by atoms with Gasteiger partial charge < -0.3 is 4.74 Å². The summed E-state index contributed by atoms with van der Waals surface area (Å²) >= 11 is 5.87. The van der Waals surface area contributed by atoms with Gasteiger partial charge in [-0.25, -0.2) is 4.98 Å². The maximum Gasteiger partial charge on any atom is 0.315 e. The third-order valence-electron chi connectivity index (χ3n) is 3.10. The van der Waals surface area contributed by atoms with Crippen molar-refractivity contribution in [2.75, 3.05) is 7.11 Å². The van der Waals surface area contributed by atoms with Gasteiger partial charge in [-0.1, -0.05) is 23.7 Å². The first-order valence-corrected chi connectivity index (χ1v) is 6.40. The quantitative estimate of drug-likeness (QED) is 0.789. The molecule has 0 atom stereocenters. The van der Waals surface area contributed by atoms with Gasteiger partial charge in [-0.15, -0.1) is 0 Å². The molecule has 0 radical (unpaired) electrons. The molecule has 0 bridgehead atoms. The van der Waals surface area contributed by atoms with Crippen LogP contribution in [0.2, 0.25) is 5.02 Å². The molecule has 102 valence electrons. The minimum absolute atomic E-state index is 0.243. The van der Waals surface area contributed by atoms with Crippen molar-refractivity contribution in [2.45, 2.75) is 6.92 Å². The van der Waals surface area contributed by atoms with E-state index < -0.39 is 0 Å². The molecular weight excluding hydrogens is 278 g/mol. The van der Waals surface area contributed by atoms with Crippen LogP contribution in [0.15, 0.2) is 35.1 Å². The molecule has 0 aliphatic carbocycles. The summed E-state index contributed by atoms with van der Waals surface area (Å²) in [6, 6.07) is 9.16. The molecule has 20 heavy (non-hydrogen) atoms. The van der Waals surface area contributed by atoms with Crippen molar-refractivity contribution in [3.8, 4) is 17.0 Å². The van der Waals surface area contributed by atoms with Crippen LogP contribution in [0.1, 0.15) is 5.69 Å². The number of nitrogens with one attached hydrogen (secondary N) is 1. The summed E-state index contributed by atoms with van der Waals surface area (Å²) in [5, 5.41) is 3.68. The molecule has 6 heteroatoms. The largest absolute Gasteiger partial charge is 0.490 e. The number of methoxy groups -OCH3 is 1.